The summed E-state index contributed by atoms with van der Waals surface area (Å²) in [5, 5.41) is 5.21. The number of nitrogens with zero attached hydrogens (tertiary/aromatic N) is 2. The number of hydrogen-bond acceptors (Lipinski definition) is 5. The third-order valence-corrected chi connectivity index (χ3v) is 8.73. The topological polar surface area (TPSA) is 79.4 Å². The summed E-state index contributed by atoms with van der Waals surface area (Å²) in [6.45, 7) is 4.72. The molecule has 178 valence electrons. The van der Waals surface area contributed by atoms with Gasteiger partial charge in [-0.25, -0.2) is 13.4 Å². The maximum absolute atomic E-state index is 13.2. The predicted octanol–water partition coefficient (Wildman–Crippen LogP) is 5.94. The fourth-order valence-corrected chi connectivity index (χ4v) is 6.35. The minimum atomic E-state index is -3.70. The Balaban J connectivity index is 1.29. The van der Waals surface area contributed by atoms with Crippen LogP contribution in [-0.2, 0) is 16.4 Å². The van der Waals surface area contributed by atoms with E-state index in [0.717, 1.165) is 16.8 Å². The van der Waals surface area contributed by atoms with Crippen LogP contribution in [0.25, 0.3) is 11.3 Å². The summed E-state index contributed by atoms with van der Waals surface area (Å²) in [7, 11) is -3.70. The highest BCUT2D eigenvalue weighted by atomic mass is 32.2. The Bertz CT molecular complexity index is 1470. The quantitative estimate of drug-likeness (QED) is 0.353. The van der Waals surface area contributed by atoms with Crippen LogP contribution in [0.5, 0.6) is 0 Å². The standard InChI is InChI=1S/C27H25N3O3S2/c1-18(2)19-7-9-20(10-8-19)24-17-34-27(28-24)29-26(31)22-11-13-23(14-12-22)35(32,33)30-16-15-21-5-3-4-6-25(21)30/h3-14,17-18H,15-16H2,1-2H3,(H,28,29,31). The van der Waals surface area contributed by atoms with Gasteiger partial charge >= 0.3 is 0 Å². The number of hydrogen-bond donors (Lipinski definition) is 1. The molecule has 0 fully saturated rings. The molecule has 1 aliphatic rings. The van der Waals surface area contributed by atoms with Crippen LogP contribution >= 0.6 is 11.3 Å². The van der Waals surface area contributed by atoms with E-state index in [1.54, 1.807) is 0 Å². The van der Waals surface area contributed by atoms with Crippen molar-refractivity contribution in [1.29, 1.82) is 0 Å². The molecule has 4 aromatic rings. The van der Waals surface area contributed by atoms with Gasteiger partial charge in [-0.05, 0) is 53.8 Å². The minimum absolute atomic E-state index is 0.159. The molecule has 35 heavy (non-hydrogen) atoms. The van der Waals surface area contributed by atoms with E-state index in [4.69, 9.17) is 0 Å². The number of benzene rings is 3. The molecule has 1 N–H and O–H groups in total. The molecule has 1 amide bonds. The molecule has 8 heteroatoms. The zero-order valence-corrected chi connectivity index (χ0v) is 21.1. The van der Waals surface area contributed by atoms with Gasteiger partial charge in [-0.1, -0.05) is 56.3 Å². The van der Waals surface area contributed by atoms with Crippen molar-refractivity contribution in [3.63, 3.8) is 0 Å². The lowest BCUT2D eigenvalue weighted by Crippen LogP contribution is -2.29. The molecule has 0 bridgehead atoms. The number of para-hydroxylation sites is 1. The van der Waals surface area contributed by atoms with Crippen molar-refractivity contribution >= 4 is 38.1 Å². The molecule has 0 saturated heterocycles. The number of nitrogens with one attached hydrogen (secondary N) is 1. The molecule has 0 aliphatic carbocycles. The van der Waals surface area contributed by atoms with E-state index in [9.17, 15) is 13.2 Å². The second-order valence-electron chi connectivity index (χ2n) is 8.75. The van der Waals surface area contributed by atoms with Crippen molar-refractivity contribution in [2.75, 3.05) is 16.2 Å². The Morgan fingerprint density at radius 3 is 2.43 bits per heavy atom. The molecule has 1 aromatic heterocycles. The van der Waals surface area contributed by atoms with Gasteiger partial charge in [-0.3, -0.25) is 14.4 Å². The summed E-state index contributed by atoms with van der Waals surface area (Å²) in [5.41, 5.74) is 5.15. The lowest BCUT2D eigenvalue weighted by Gasteiger charge is -2.19. The minimum Gasteiger partial charge on any atom is -0.298 e. The third kappa shape index (κ3) is 4.59. The smallest absolute Gasteiger partial charge is 0.264 e. The molecule has 2 heterocycles. The van der Waals surface area contributed by atoms with E-state index in [-0.39, 0.29) is 10.8 Å². The van der Waals surface area contributed by atoms with E-state index >= 15 is 0 Å². The molecule has 6 nitrogen and oxygen atoms in total. The zero-order valence-electron chi connectivity index (χ0n) is 19.4. The number of amides is 1. The van der Waals surface area contributed by atoms with Gasteiger partial charge in [0, 0.05) is 23.1 Å². The third-order valence-electron chi connectivity index (χ3n) is 6.15. The summed E-state index contributed by atoms with van der Waals surface area (Å²) < 4.78 is 27.8. The number of thiazole rings is 1. The largest absolute Gasteiger partial charge is 0.298 e. The highest BCUT2D eigenvalue weighted by Gasteiger charge is 2.30. The molecule has 0 atom stereocenters. The van der Waals surface area contributed by atoms with Gasteiger partial charge in [0.2, 0.25) is 0 Å². The van der Waals surface area contributed by atoms with Crippen molar-refractivity contribution < 1.29 is 13.2 Å². The summed E-state index contributed by atoms with van der Waals surface area (Å²) in [6.07, 6.45) is 0.688. The monoisotopic (exact) mass is 503 g/mol. The Labute approximate surface area is 209 Å². The number of fused-ring (bicyclic) bond motifs is 1. The SMILES string of the molecule is CC(C)c1ccc(-c2csc(NC(=O)c3ccc(S(=O)(=O)N4CCc5ccccc54)cc3)n2)cc1. The average Bonchev–Trinajstić information content (AvgIpc) is 3.52. The van der Waals surface area contributed by atoms with Crippen molar-refractivity contribution in [3.8, 4) is 11.3 Å². The van der Waals surface area contributed by atoms with Crippen molar-refractivity contribution in [2.45, 2.75) is 31.1 Å². The first-order chi connectivity index (χ1) is 16.8. The average molecular weight is 504 g/mol. The summed E-state index contributed by atoms with van der Waals surface area (Å²) in [5.74, 6) is 0.124. The van der Waals surface area contributed by atoms with Crippen LogP contribution in [-0.4, -0.2) is 25.9 Å². The Kier molecular flexibility index (Phi) is 6.17. The van der Waals surface area contributed by atoms with E-state index in [2.05, 4.69) is 36.3 Å². The first kappa shape index (κ1) is 23.3. The van der Waals surface area contributed by atoms with Gasteiger partial charge in [0.25, 0.3) is 15.9 Å². The van der Waals surface area contributed by atoms with Gasteiger partial charge in [0.15, 0.2) is 5.13 Å². The number of carbonyl (C=O) groups excluding carboxylic acids is 1. The first-order valence-electron chi connectivity index (χ1n) is 11.4. The molecule has 0 radical (unpaired) electrons. The first-order valence-corrected chi connectivity index (χ1v) is 13.7. The van der Waals surface area contributed by atoms with E-state index in [1.807, 2.05) is 41.8 Å². The Hall–Kier alpha value is -3.49. The molecule has 1 aliphatic heterocycles. The normalized spacial score (nSPS) is 13.2. The number of rotatable bonds is 6. The van der Waals surface area contributed by atoms with Crippen LogP contribution in [0.15, 0.2) is 83.1 Å². The van der Waals surface area contributed by atoms with Crippen LogP contribution in [0.1, 0.15) is 41.3 Å². The van der Waals surface area contributed by atoms with E-state index in [1.165, 1.54) is 45.5 Å². The van der Waals surface area contributed by atoms with Gasteiger partial charge in [-0.2, -0.15) is 0 Å². The highest BCUT2D eigenvalue weighted by Crippen LogP contribution is 2.33. The maximum Gasteiger partial charge on any atom is 0.264 e. The Morgan fingerprint density at radius 2 is 1.71 bits per heavy atom. The molecule has 0 saturated carbocycles. The van der Waals surface area contributed by atoms with Crippen LogP contribution < -0.4 is 9.62 Å². The fraction of sp³-hybridized carbons (Fsp3) is 0.185. The molecule has 3 aromatic carbocycles. The van der Waals surface area contributed by atoms with Gasteiger partial charge in [0.05, 0.1) is 16.3 Å². The lowest BCUT2D eigenvalue weighted by molar-refractivity contribution is 0.102. The lowest BCUT2D eigenvalue weighted by atomic mass is 10.0. The molecule has 0 unspecified atom stereocenters. The second kappa shape index (κ2) is 9.28. The van der Waals surface area contributed by atoms with Crippen LogP contribution in [0.3, 0.4) is 0 Å². The molecular weight excluding hydrogens is 478 g/mol. The summed E-state index contributed by atoms with van der Waals surface area (Å²) in [4.78, 5) is 17.5. The summed E-state index contributed by atoms with van der Waals surface area (Å²) in [6, 6.07) is 21.8. The predicted molar refractivity (Wildman–Crippen MR) is 141 cm³/mol. The van der Waals surface area contributed by atoms with Gasteiger partial charge < -0.3 is 0 Å². The van der Waals surface area contributed by atoms with Crippen LogP contribution in [0, 0.1) is 0 Å². The summed E-state index contributed by atoms with van der Waals surface area (Å²) >= 11 is 1.35. The zero-order chi connectivity index (χ0) is 24.6. The highest BCUT2D eigenvalue weighted by molar-refractivity contribution is 7.92. The molecular formula is C27H25N3O3S2. The molecule has 0 spiro atoms. The maximum atomic E-state index is 13.2. The van der Waals surface area contributed by atoms with Gasteiger partial charge in [0.1, 0.15) is 0 Å². The molecule has 5 rings (SSSR count). The fourth-order valence-electron chi connectivity index (χ4n) is 4.13. The van der Waals surface area contributed by atoms with Crippen molar-refractivity contribution in [2.24, 2.45) is 0 Å². The Morgan fingerprint density at radius 1 is 1.00 bits per heavy atom. The number of anilines is 2. The van der Waals surface area contributed by atoms with E-state index in [0.29, 0.717) is 35.3 Å². The van der Waals surface area contributed by atoms with Crippen LogP contribution in [0.2, 0.25) is 0 Å². The number of carbonyl (C=O) groups is 1. The van der Waals surface area contributed by atoms with Gasteiger partial charge in [-0.15, -0.1) is 11.3 Å². The van der Waals surface area contributed by atoms with Crippen molar-refractivity contribution in [3.05, 3.63) is 94.9 Å². The second-order valence-corrected chi connectivity index (χ2v) is 11.5. The number of aromatic nitrogens is 1. The van der Waals surface area contributed by atoms with E-state index < -0.39 is 10.0 Å². The van der Waals surface area contributed by atoms with Crippen LogP contribution in [0.4, 0.5) is 10.8 Å². The van der Waals surface area contributed by atoms with Crippen molar-refractivity contribution in [1.82, 2.24) is 4.98 Å². The number of sulfonamides is 1.